The number of thiazole rings is 1. The lowest BCUT2D eigenvalue weighted by molar-refractivity contribution is 0.144. The molecule has 2 heterocycles. The van der Waals surface area contributed by atoms with E-state index >= 15 is 0 Å². The smallest absolute Gasteiger partial charge is 0.404 e. The molecule has 0 spiro atoms. The van der Waals surface area contributed by atoms with E-state index in [4.69, 9.17) is 16.9 Å². The molecule has 0 saturated heterocycles. The average molecular weight is 458 g/mol. The summed E-state index contributed by atoms with van der Waals surface area (Å²) in [4.78, 5) is 31.9. The van der Waals surface area contributed by atoms with Crippen LogP contribution in [0.3, 0.4) is 0 Å². The summed E-state index contributed by atoms with van der Waals surface area (Å²) in [6, 6.07) is 14.5. The van der Waals surface area contributed by atoms with Crippen molar-refractivity contribution < 1.29 is 14.3 Å². The summed E-state index contributed by atoms with van der Waals surface area (Å²) in [5, 5.41) is 9.61. The van der Waals surface area contributed by atoms with Gasteiger partial charge in [-0.2, -0.15) is 0 Å². The Morgan fingerprint density at radius 2 is 2.00 bits per heavy atom. The molecule has 33 heavy (non-hydrogen) atoms. The molecular weight excluding hydrogens is 438 g/mol. The molecule has 0 aliphatic carbocycles. The van der Waals surface area contributed by atoms with Crippen molar-refractivity contribution in [1.82, 2.24) is 15.3 Å². The van der Waals surface area contributed by atoms with Crippen LogP contribution in [0.25, 0.3) is 21.9 Å². The van der Waals surface area contributed by atoms with Crippen LogP contribution >= 0.6 is 11.3 Å². The number of nitrogens with one attached hydrogen (secondary N) is 2. The molecule has 164 valence electrons. The highest BCUT2D eigenvalue weighted by molar-refractivity contribution is 7.10. The Labute approximate surface area is 193 Å². The predicted octanol–water partition coefficient (Wildman–Crippen LogP) is 4.30. The minimum Gasteiger partial charge on any atom is -0.447 e. The third-order valence-electron chi connectivity index (χ3n) is 4.87. The number of pyridine rings is 1. The maximum Gasteiger partial charge on any atom is 0.404 e. The van der Waals surface area contributed by atoms with E-state index < -0.39 is 18.2 Å². The molecule has 2 aromatic heterocycles. The second-order valence-electron chi connectivity index (χ2n) is 6.99. The second-order valence-corrected chi connectivity index (χ2v) is 7.85. The van der Waals surface area contributed by atoms with Crippen LogP contribution in [0.2, 0.25) is 0 Å². The summed E-state index contributed by atoms with van der Waals surface area (Å²) in [7, 11) is 0. The molecule has 1 atom stereocenters. The molecule has 0 radical (unpaired) electrons. The van der Waals surface area contributed by atoms with Crippen molar-refractivity contribution >= 4 is 40.1 Å². The van der Waals surface area contributed by atoms with Gasteiger partial charge in [-0.1, -0.05) is 42.5 Å². The van der Waals surface area contributed by atoms with E-state index in [1.165, 1.54) is 11.3 Å². The van der Waals surface area contributed by atoms with Crippen LogP contribution in [0.15, 0.2) is 66.3 Å². The second kappa shape index (κ2) is 9.80. The number of rotatable bonds is 6. The number of hydrogen-bond donors (Lipinski definition) is 3. The van der Waals surface area contributed by atoms with Gasteiger partial charge in [-0.3, -0.25) is 10.3 Å². The number of aromatic nitrogens is 2. The zero-order valence-electron chi connectivity index (χ0n) is 17.3. The third-order valence-corrected chi connectivity index (χ3v) is 5.65. The van der Waals surface area contributed by atoms with Crippen molar-refractivity contribution in [2.24, 2.45) is 5.73 Å². The normalized spacial score (nSPS) is 11.4. The number of amides is 3. The summed E-state index contributed by atoms with van der Waals surface area (Å²) in [6.45, 7) is -0.130. The molecule has 0 bridgehead atoms. The zero-order chi connectivity index (χ0) is 23.2. The van der Waals surface area contributed by atoms with Gasteiger partial charge in [-0.05, 0) is 34.1 Å². The molecule has 0 fully saturated rings. The number of carbonyl (C=O) groups excluding carboxylic acids is 2. The van der Waals surface area contributed by atoms with Gasteiger partial charge in [0.05, 0.1) is 6.04 Å². The molecule has 0 saturated carbocycles. The number of nitrogens with two attached hydrogens (primary N) is 1. The van der Waals surface area contributed by atoms with Crippen LogP contribution < -0.4 is 16.4 Å². The van der Waals surface area contributed by atoms with Gasteiger partial charge < -0.3 is 15.8 Å². The first-order chi connectivity index (χ1) is 16.0. The van der Waals surface area contributed by atoms with Crippen LogP contribution in [-0.4, -0.2) is 28.7 Å². The van der Waals surface area contributed by atoms with Gasteiger partial charge in [0.1, 0.15) is 12.4 Å². The summed E-state index contributed by atoms with van der Waals surface area (Å²) < 4.78 is 4.95. The van der Waals surface area contributed by atoms with Gasteiger partial charge in [0, 0.05) is 23.2 Å². The van der Waals surface area contributed by atoms with E-state index in [0.29, 0.717) is 10.8 Å². The lowest BCUT2D eigenvalue weighted by Crippen LogP contribution is -2.36. The monoisotopic (exact) mass is 457 g/mol. The quantitative estimate of drug-likeness (QED) is 0.373. The van der Waals surface area contributed by atoms with Crippen LogP contribution in [0, 0.1) is 12.3 Å². The molecule has 4 N–H and O–H groups in total. The van der Waals surface area contributed by atoms with Gasteiger partial charge >= 0.3 is 12.1 Å². The summed E-state index contributed by atoms with van der Waals surface area (Å²) in [5.41, 5.74) is 7.92. The first-order valence-electron chi connectivity index (χ1n) is 9.88. The zero-order valence-corrected chi connectivity index (χ0v) is 18.1. The van der Waals surface area contributed by atoms with Gasteiger partial charge in [-0.25, -0.2) is 14.6 Å². The topological polar surface area (TPSA) is 119 Å². The predicted molar refractivity (Wildman–Crippen MR) is 128 cm³/mol. The maximum atomic E-state index is 12.5. The number of terminal acetylenes is 1. The van der Waals surface area contributed by atoms with E-state index in [0.717, 1.165) is 27.5 Å². The number of anilines is 1. The van der Waals surface area contributed by atoms with Gasteiger partial charge in [0.15, 0.2) is 5.01 Å². The van der Waals surface area contributed by atoms with E-state index in [1.807, 2.05) is 54.7 Å². The third kappa shape index (κ3) is 5.26. The lowest BCUT2D eigenvalue weighted by Gasteiger charge is -2.19. The number of hydrogen-bond acceptors (Lipinski definition) is 6. The van der Waals surface area contributed by atoms with E-state index in [-0.39, 0.29) is 6.61 Å². The van der Waals surface area contributed by atoms with Crippen molar-refractivity contribution in [3.05, 3.63) is 76.9 Å². The minimum atomic E-state index is -0.929. The largest absolute Gasteiger partial charge is 0.447 e. The number of fused-ring (bicyclic) bond motifs is 1. The average Bonchev–Trinajstić information content (AvgIpc) is 3.29. The van der Waals surface area contributed by atoms with E-state index in [1.54, 1.807) is 11.6 Å². The van der Waals surface area contributed by atoms with Gasteiger partial charge in [0.25, 0.3) is 0 Å². The Balaban J connectivity index is 1.54. The fourth-order valence-electron chi connectivity index (χ4n) is 3.36. The van der Waals surface area contributed by atoms with E-state index in [9.17, 15) is 9.59 Å². The first-order valence-corrected chi connectivity index (χ1v) is 10.8. The highest BCUT2D eigenvalue weighted by Crippen LogP contribution is 2.29. The molecule has 4 aromatic rings. The molecule has 3 amide bonds. The van der Waals surface area contributed by atoms with Crippen LogP contribution in [0.4, 0.5) is 15.4 Å². The maximum absolute atomic E-state index is 12.5. The Hall–Kier alpha value is -4.42. The molecule has 9 heteroatoms. The highest BCUT2D eigenvalue weighted by Gasteiger charge is 2.18. The molecule has 0 unspecified atom stereocenters. The fraction of sp³-hybridized carbons (Fsp3) is 0.0833. The number of benzene rings is 2. The van der Waals surface area contributed by atoms with Crippen molar-refractivity contribution in [3.63, 3.8) is 0 Å². The molecule has 2 aromatic carbocycles. The Bertz CT molecular complexity index is 1340. The Kier molecular flexibility index (Phi) is 6.48. The van der Waals surface area contributed by atoms with Crippen LogP contribution in [-0.2, 0) is 4.74 Å². The van der Waals surface area contributed by atoms with Gasteiger partial charge in [-0.15, -0.1) is 17.8 Å². The van der Waals surface area contributed by atoms with Crippen molar-refractivity contribution in [3.8, 4) is 23.5 Å². The fourth-order valence-corrected chi connectivity index (χ4v) is 3.92. The summed E-state index contributed by atoms with van der Waals surface area (Å²) in [6.07, 6.45) is 7.96. The van der Waals surface area contributed by atoms with Crippen molar-refractivity contribution in [2.75, 3.05) is 11.9 Å². The molecular formula is C24H19N5O3S. The standard InChI is InChI=1S/C24H19N5O3S/c1-2-22-28-21(14-33-22)29-24(31)27-20(13-32-23(25)30)16-8-6-15(7-9-16)18-5-3-4-17-12-26-11-10-19(17)18/h1,3-12,14,20H,13H2,(H2,25,30)(H2,27,29,31)/t20-/m0/s1. The molecule has 8 nitrogen and oxygen atoms in total. The number of urea groups is 1. The Morgan fingerprint density at radius 1 is 1.18 bits per heavy atom. The molecule has 4 rings (SSSR count). The number of carbonyl (C=O) groups is 2. The number of nitrogens with zero attached hydrogens (tertiary/aromatic N) is 2. The summed E-state index contributed by atoms with van der Waals surface area (Å²) >= 11 is 1.24. The lowest BCUT2D eigenvalue weighted by atomic mass is 9.97. The molecule has 0 aliphatic rings. The van der Waals surface area contributed by atoms with Crippen LogP contribution in [0.1, 0.15) is 16.6 Å². The minimum absolute atomic E-state index is 0.130. The molecule has 0 aliphatic heterocycles. The van der Waals surface area contributed by atoms with Crippen LogP contribution in [0.5, 0.6) is 0 Å². The summed E-state index contributed by atoms with van der Waals surface area (Å²) in [5.74, 6) is 2.74. The first kappa shape index (κ1) is 21.8. The van der Waals surface area contributed by atoms with Gasteiger partial charge in [0.2, 0.25) is 0 Å². The number of ether oxygens (including phenoxy) is 1. The Morgan fingerprint density at radius 3 is 2.73 bits per heavy atom. The highest BCUT2D eigenvalue weighted by atomic mass is 32.1. The number of primary amides is 1. The SMILES string of the molecule is C#Cc1nc(NC(=O)N[C@@H](COC(N)=O)c2ccc(-c3cccc4cnccc34)cc2)cs1. The van der Waals surface area contributed by atoms with E-state index in [2.05, 4.69) is 26.5 Å². The van der Waals surface area contributed by atoms with Crippen molar-refractivity contribution in [2.45, 2.75) is 6.04 Å². The van der Waals surface area contributed by atoms with Crippen molar-refractivity contribution in [1.29, 1.82) is 0 Å².